The molecule has 1 aromatic heterocycles. The van der Waals surface area contributed by atoms with Gasteiger partial charge in [0, 0.05) is 17.7 Å². The lowest BCUT2D eigenvalue weighted by Gasteiger charge is -2.22. The van der Waals surface area contributed by atoms with E-state index >= 15 is 0 Å². The molecule has 0 fully saturated rings. The van der Waals surface area contributed by atoms with Crippen LogP contribution >= 0.6 is 0 Å². The Balaban J connectivity index is 1.91. The van der Waals surface area contributed by atoms with Gasteiger partial charge < -0.3 is 14.5 Å². The van der Waals surface area contributed by atoms with Crippen LogP contribution in [-0.2, 0) is 11.2 Å². The fourth-order valence-electron chi connectivity index (χ4n) is 3.35. The van der Waals surface area contributed by atoms with E-state index in [1.54, 1.807) is 21.0 Å². The number of aromatic nitrogens is 1. The van der Waals surface area contributed by atoms with Crippen molar-refractivity contribution >= 4 is 11.8 Å². The van der Waals surface area contributed by atoms with Gasteiger partial charge in [0.05, 0.1) is 13.7 Å². The van der Waals surface area contributed by atoms with E-state index in [2.05, 4.69) is 4.98 Å². The van der Waals surface area contributed by atoms with Crippen LogP contribution in [0.3, 0.4) is 0 Å². The summed E-state index contributed by atoms with van der Waals surface area (Å²) in [5.41, 5.74) is 3.67. The van der Waals surface area contributed by atoms with Crippen LogP contribution in [0.15, 0.2) is 24.3 Å². The van der Waals surface area contributed by atoms with Crippen LogP contribution in [0.2, 0.25) is 0 Å². The van der Waals surface area contributed by atoms with E-state index in [0.29, 0.717) is 36.3 Å². The highest BCUT2D eigenvalue weighted by molar-refractivity contribution is 6.03. The summed E-state index contributed by atoms with van der Waals surface area (Å²) in [6.07, 6.45) is 1.15. The number of nitrogens with one attached hydrogen (secondary N) is 1. The van der Waals surface area contributed by atoms with Gasteiger partial charge in [-0.1, -0.05) is 12.1 Å². The second-order valence-corrected chi connectivity index (χ2v) is 6.00. The van der Waals surface area contributed by atoms with Crippen molar-refractivity contribution in [3.63, 3.8) is 0 Å². The van der Waals surface area contributed by atoms with E-state index in [1.807, 2.05) is 24.3 Å². The molecule has 0 saturated carbocycles. The van der Waals surface area contributed by atoms with Gasteiger partial charge in [-0.3, -0.25) is 4.79 Å². The summed E-state index contributed by atoms with van der Waals surface area (Å²) in [7, 11) is 1.63. The summed E-state index contributed by atoms with van der Waals surface area (Å²) < 4.78 is 10.2. The highest BCUT2D eigenvalue weighted by Crippen LogP contribution is 2.35. The SMILES string of the molecule is CCOC(=O)c1[nH]c2c(c1C)C(=O)C[C@H](c1ccc(OC)cc1)C2. The number of methoxy groups -OCH3 is 1. The number of hydrogen-bond donors (Lipinski definition) is 1. The Labute approximate surface area is 141 Å². The third kappa shape index (κ3) is 2.82. The third-order valence-electron chi connectivity index (χ3n) is 4.56. The minimum atomic E-state index is -0.404. The van der Waals surface area contributed by atoms with Crippen molar-refractivity contribution in [2.45, 2.75) is 32.6 Å². The summed E-state index contributed by atoms with van der Waals surface area (Å²) >= 11 is 0. The van der Waals surface area contributed by atoms with Crippen molar-refractivity contribution in [3.8, 4) is 5.75 Å². The van der Waals surface area contributed by atoms with E-state index in [0.717, 1.165) is 17.0 Å². The molecular formula is C19H21NO4. The van der Waals surface area contributed by atoms with Gasteiger partial charge in [-0.2, -0.15) is 0 Å². The average molecular weight is 327 g/mol. The van der Waals surface area contributed by atoms with Crippen LogP contribution in [0.25, 0.3) is 0 Å². The first-order chi connectivity index (χ1) is 11.5. The number of rotatable bonds is 4. The van der Waals surface area contributed by atoms with E-state index in [9.17, 15) is 9.59 Å². The molecular weight excluding hydrogens is 306 g/mol. The van der Waals surface area contributed by atoms with Gasteiger partial charge in [0.1, 0.15) is 11.4 Å². The van der Waals surface area contributed by atoms with Gasteiger partial charge in [0.25, 0.3) is 0 Å². The molecule has 1 aromatic carbocycles. The van der Waals surface area contributed by atoms with Crippen LogP contribution in [0.1, 0.15) is 56.9 Å². The molecule has 126 valence electrons. The number of aromatic amines is 1. The number of benzene rings is 1. The molecule has 0 aliphatic heterocycles. The molecule has 1 atom stereocenters. The van der Waals surface area contributed by atoms with Gasteiger partial charge in [-0.05, 0) is 49.4 Å². The molecule has 2 aromatic rings. The number of ketones is 1. The first kappa shape index (κ1) is 16.3. The molecule has 24 heavy (non-hydrogen) atoms. The van der Waals surface area contributed by atoms with Crippen molar-refractivity contribution < 1.29 is 19.1 Å². The molecule has 0 saturated heterocycles. The Kier molecular flexibility index (Phi) is 4.42. The smallest absolute Gasteiger partial charge is 0.355 e. The summed E-state index contributed by atoms with van der Waals surface area (Å²) in [5.74, 6) is 0.561. The molecule has 0 bridgehead atoms. The molecule has 1 aliphatic carbocycles. The van der Waals surface area contributed by atoms with Crippen molar-refractivity contribution in [2.24, 2.45) is 0 Å². The molecule has 0 spiro atoms. The van der Waals surface area contributed by atoms with E-state index in [1.165, 1.54) is 0 Å². The van der Waals surface area contributed by atoms with Crippen LogP contribution in [0, 0.1) is 6.92 Å². The molecule has 3 rings (SSSR count). The Morgan fingerprint density at radius 3 is 2.58 bits per heavy atom. The number of fused-ring (bicyclic) bond motifs is 1. The lowest BCUT2D eigenvalue weighted by atomic mass is 9.81. The molecule has 0 amide bonds. The monoisotopic (exact) mass is 327 g/mol. The lowest BCUT2D eigenvalue weighted by molar-refractivity contribution is 0.0519. The van der Waals surface area contributed by atoms with Gasteiger partial charge in [-0.15, -0.1) is 0 Å². The predicted molar refractivity (Wildman–Crippen MR) is 89.9 cm³/mol. The maximum atomic E-state index is 12.6. The maximum absolute atomic E-state index is 12.6. The number of hydrogen-bond acceptors (Lipinski definition) is 4. The normalized spacial score (nSPS) is 16.6. The Bertz CT molecular complexity index is 773. The first-order valence-electron chi connectivity index (χ1n) is 8.10. The maximum Gasteiger partial charge on any atom is 0.355 e. The topological polar surface area (TPSA) is 68.4 Å². The summed E-state index contributed by atoms with van der Waals surface area (Å²) in [5, 5.41) is 0. The summed E-state index contributed by atoms with van der Waals surface area (Å²) in [6.45, 7) is 3.87. The van der Waals surface area contributed by atoms with Crippen LogP contribution in [-0.4, -0.2) is 30.5 Å². The number of Topliss-reactive ketones (excluding diaryl/α,β-unsaturated/α-hetero) is 1. The fraction of sp³-hybridized carbons (Fsp3) is 0.368. The minimum absolute atomic E-state index is 0.0707. The van der Waals surface area contributed by atoms with Crippen LogP contribution < -0.4 is 4.74 Å². The molecule has 1 heterocycles. The van der Waals surface area contributed by atoms with Crippen LogP contribution in [0.4, 0.5) is 0 Å². The van der Waals surface area contributed by atoms with E-state index < -0.39 is 5.97 Å². The number of carbonyl (C=O) groups is 2. The van der Waals surface area contributed by atoms with Crippen molar-refractivity contribution in [1.82, 2.24) is 4.98 Å². The third-order valence-corrected chi connectivity index (χ3v) is 4.56. The zero-order valence-electron chi connectivity index (χ0n) is 14.1. The predicted octanol–water partition coefficient (Wildman–Crippen LogP) is 3.42. The minimum Gasteiger partial charge on any atom is -0.497 e. The first-order valence-corrected chi connectivity index (χ1v) is 8.10. The zero-order valence-corrected chi connectivity index (χ0v) is 14.1. The molecule has 1 N–H and O–H groups in total. The van der Waals surface area contributed by atoms with Crippen molar-refractivity contribution in [1.29, 1.82) is 0 Å². The standard InChI is InChI=1S/C19H21NO4/c1-4-24-19(22)18-11(2)17-15(20-18)9-13(10-16(17)21)12-5-7-14(23-3)8-6-12/h5-8,13,20H,4,9-10H2,1-3H3/t13-/m1/s1. The molecule has 5 heteroatoms. The highest BCUT2D eigenvalue weighted by atomic mass is 16.5. The second-order valence-electron chi connectivity index (χ2n) is 6.00. The molecule has 0 radical (unpaired) electrons. The molecule has 1 aliphatic rings. The average Bonchev–Trinajstić information content (AvgIpc) is 2.92. The van der Waals surface area contributed by atoms with E-state index in [4.69, 9.17) is 9.47 Å². The second kappa shape index (κ2) is 6.51. The van der Waals surface area contributed by atoms with Gasteiger partial charge in [-0.25, -0.2) is 4.79 Å². The lowest BCUT2D eigenvalue weighted by Crippen LogP contribution is -2.18. The van der Waals surface area contributed by atoms with E-state index in [-0.39, 0.29) is 11.7 Å². The Morgan fingerprint density at radius 2 is 1.96 bits per heavy atom. The number of ether oxygens (including phenoxy) is 2. The number of H-pyrrole nitrogens is 1. The van der Waals surface area contributed by atoms with Crippen molar-refractivity contribution in [3.05, 3.63) is 52.3 Å². The Morgan fingerprint density at radius 1 is 1.25 bits per heavy atom. The van der Waals surface area contributed by atoms with Crippen LogP contribution in [0.5, 0.6) is 5.75 Å². The zero-order chi connectivity index (χ0) is 17.3. The quantitative estimate of drug-likeness (QED) is 0.874. The van der Waals surface area contributed by atoms with Crippen molar-refractivity contribution in [2.75, 3.05) is 13.7 Å². The van der Waals surface area contributed by atoms with Gasteiger partial charge in [0.15, 0.2) is 5.78 Å². The molecule has 0 unspecified atom stereocenters. The van der Waals surface area contributed by atoms with Gasteiger partial charge in [0.2, 0.25) is 0 Å². The fourth-order valence-corrected chi connectivity index (χ4v) is 3.35. The summed E-state index contributed by atoms with van der Waals surface area (Å²) in [6, 6.07) is 7.78. The largest absolute Gasteiger partial charge is 0.497 e. The highest BCUT2D eigenvalue weighted by Gasteiger charge is 2.32. The Hall–Kier alpha value is -2.56. The number of esters is 1. The van der Waals surface area contributed by atoms with Gasteiger partial charge >= 0.3 is 5.97 Å². The number of carbonyl (C=O) groups excluding carboxylic acids is 2. The summed E-state index contributed by atoms with van der Waals surface area (Å²) in [4.78, 5) is 27.8. The molecule has 5 nitrogen and oxygen atoms in total.